The molecule has 0 aliphatic heterocycles. The molecule has 0 unspecified atom stereocenters. The van der Waals surface area contributed by atoms with Crippen LogP contribution in [0.3, 0.4) is 0 Å². The van der Waals surface area contributed by atoms with Crippen molar-refractivity contribution in [2.24, 2.45) is 0 Å². The molecule has 1 N–H and O–H groups in total. The van der Waals surface area contributed by atoms with Crippen LogP contribution in [-0.4, -0.2) is 12.1 Å². The van der Waals surface area contributed by atoms with Crippen LogP contribution in [0.15, 0.2) is 36.5 Å². The summed E-state index contributed by atoms with van der Waals surface area (Å²) in [5.41, 5.74) is 1.76. The fraction of sp³-hybridized carbons (Fsp3) is 0.0714. The highest BCUT2D eigenvalue weighted by Gasteiger charge is 2.11. The Labute approximate surface area is 110 Å². The predicted molar refractivity (Wildman–Crippen MR) is 69.9 cm³/mol. The molecule has 0 bridgehead atoms. The lowest BCUT2D eigenvalue weighted by atomic mass is 10.1. The molecule has 92 valence electrons. The second-order valence-electron chi connectivity index (χ2n) is 3.63. The van der Waals surface area contributed by atoms with Crippen LogP contribution in [0.4, 0.5) is 11.4 Å². The standard InChI is InChI=1S/C14H10N4O/c1-19-13-6-2-4-10(8-15)14(13)18-11-5-3-7-17-12(11)9-16/h2-7,18H,1H3. The Morgan fingerprint density at radius 1 is 1.16 bits per heavy atom. The Bertz CT molecular complexity index is 683. The SMILES string of the molecule is COc1cccc(C#N)c1Nc1cccnc1C#N. The number of rotatable bonds is 3. The van der Waals surface area contributed by atoms with Gasteiger partial charge in [-0.2, -0.15) is 10.5 Å². The monoisotopic (exact) mass is 250 g/mol. The number of anilines is 2. The molecule has 0 radical (unpaired) electrons. The van der Waals surface area contributed by atoms with Gasteiger partial charge in [-0.1, -0.05) is 6.07 Å². The fourth-order valence-corrected chi connectivity index (χ4v) is 1.65. The quantitative estimate of drug-likeness (QED) is 0.905. The van der Waals surface area contributed by atoms with Crippen LogP contribution >= 0.6 is 0 Å². The van der Waals surface area contributed by atoms with E-state index in [9.17, 15) is 0 Å². The first-order chi connectivity index (χ1) is 9.30. The number of nitrogens with one attached hydrogen (secondary N) is 1. The Morgan fingerprint density at radius 3 is 2.68 bits per heavy atom. The highest BCUT2D eigenvalue weighted by atomic mass is 16.5. The van der Waals surface area contributed by atoms with Crippen molar-refractivity contribution < 1.29 is 4.74 Å². The Hall–Kier alpha value is -3.05. The smallest absolute Gasteiger partial charge is 0.163 e. The van der Waals surface area contributed by atoms with Crippen molar-refractivity contribution in [2.75, 3.05) is 12.4 Å². The van der Waals surface area contributed by atoms with Crippen LogP contribution in [0.25, 0.3) is 0 Å². The van der Waals surface area contributed by atoms with E-state index in [4.69, 9.17) is 15.3 Å². The lowest BCUT2D eigenvalue weighted by molar-refractivity contribution is 0.416. The first-order valence-electron chi connectivity index (χ1n) is 5.49. The average Bonchev–Trinajstić information content (AvgIpc) is 2.48. The molecule has 1 aromatic heterocycles. The van der Waals surface area contributed by atoms with Gasteiger partial charge in [-0.3, -0.25) is 0 Å². The molecule has 1 heterocycles. The van der Waals surface area contributed by atoms with Crippen LogP contribution in [0.2, 0.25) is 0 Å². The first-order valence-corrected chi connectivity index (χ1v) is 5.49. The minimum absolute atomic E-state index is 0.261. The zero-order valence-electron chi connectivity index (χ0n) is 10.2. The lowest BCUT2D eigenvalue weighted by Crippen LogP contribution is -2.00. The third kappa shape index (κ3) is 2.46. The van der Waals surface area contributed by atoms with Crippen molar-refractivity contribution >= 4 is 11.4 Å². The molecular weight excluding hydrogens is 240 g/mol. The third-order valence-corrected chi connectivity index (χ3v) is 2.54. The summed E-state index contributed by atoms with van der Waals surface area (Å²) < 4.78 is 5.22. The topological polar surface area (TPSA) is 81.7 Å². The molecule has 0 amide bonds. The number of nitriles is 2. The van der Waals surface area contributed by atoms with E-state index in [2.05, 4.69) is 16.4 Å². The summed E-state index contributed by atoms with van der Waals surface area (Å²) in [7, 11) is 1.52. The highest BCUT2D eigenvalue weighted by molar-refractivity contribution is 5.74. The van der Waals surface area contributed by atoms with Gasteiger partial charge < -0.3 is 10.1 Å². The molecular formula is C14H10N4O. The molecule has 0 aliphatic rings. The van der Waals surface area contributed by atoms with Crippen LogP contribution in [-0.2, 0) is 0 Å². The van der Waals surface area contributed by atoms with E-state index >= 15 is 0 Å². The summed E-state index contributed by atoms with van der Waals surface area (Å²) in [6.45, 7) is 0. The molecule has 2 rings (SSSR count). The number of nitrogens with zero attached hydrogens (tertiary/aromatic N) is 3. The van der Waals surface area contributed by atoms with E-state index in [0.29, 0.717) is 22.7 Å². The lowest BCUT2D eigenvalue weighted by Gasteiger charge is -2.12. The first kappa shape index (κ1) is 12.4. The molecule has 5 heteroatoms. The van der Waals surface area contributed by atoms with Crippen molar-refractivity contribution in [3.8, 4) is 17.9 Å². The fourth-order valence-electron chi connectivity index (χ4n) is 1.65. The highest BCUT2D eigenvalue weighted by Crippen LogP contribution is 2.31. The number of hydrogen-bond acceptors (Lipinski definition) is 5. The summed E-state index contributed by atoms with van der Waals surface area (Å²) in [6, 6.07) is 12.7. The number of methoxy groups -OCH3 is 1. The van der Waals surface area contributed by atoms with E-state index < -0.39 is 0 Å². The number of benzene rings is 1. The molecule has 1 aromatic carbocycles. The molecule has 0 aliphatic carbocycles. The van der Waals surface area contributed by atoms with Crippen LogP contribution in [0.5, 0.6) is 5.75 Å². The number of ether oxygens (including phenoxy) is 1. The van der Waals surface area contributed by atoms with Crippen molar-refractivity contribution in [1.29, 1.82) is 10.5 Å². The van der Waals surface area contributed by atoms with Crippen LogP contribution < -0.4 is 10.1 Å². The maximum absolute atomic E-state index is 9.12. The summed E-state index contributed by atoms with van der Waals surface area (Å²) >= 11 is 0. The van der Waals surface area contributed by atoms with Gasteiger partial charge in [-0.15, -0.1) is 0 Å². The average molecular weight is 250 g/mol. The van der Waals surface area contributed by atoms with Crippen molar-refractivity contribution in [2.45, 2.75) is 0 Å². The van der Waals surface area contributed by atoms with Gasteiger partial charge in [0.25, 0.3) is 0 Å². The van der Waals surface area contributed by atoms with Gasteiger partial charge in [0.2, 0.25) is 0 Å². The minimum Gasteiger partial charge on any atom is -0.495 e. The zero-order valence-corrected chi connectivity index (χ0v) is 10.2. The van der Waals surface area contributed by atoms with Gasteiger partial charge in [0.05, 0.1) is 24.0 Å². The minimum atomic E-state index is 0.261. The van der Waals surface area contributed by atoms with Crippen LogP contribution in [0.1, 0.15) is 11.3 Å². The summed E-state index contributed by atoms with van der Waals surface area (Å²) in [6.07, 6.45) is 1.54. The van der Waals surface area contributed by atoms with Gasteiger partial charge >= 0.3 is 0 Å². The Kier molecular flexibility index (Phi) is 3.61. The normalized spacial score (nSPS) is 9.21. The summed E-state index contributed by atoms with van der Waals surface area (Å²) in [4.78, 5) is 3.96. The van der Waals surface area contributed by atoms with Gasteiger partial charge in [0.15, 0.2) is 5.69 Å². The molecule has 0 saturated heterocycles. The molecule has 2 aromatic rings. The van der Waals surface area contributed by atoms with Gasteiger partial charge in [0, 0.05) is 6.20 Å². The van der Waals surface area contributed by atoms with E-state index in [0.717, 1.165) is 0 Å². The second-order valence-corrected chi connectivity index (χ2v) is 3.63. The van der Waals surface area contributed by atoms with E-state index in [1.807, 2.05) is 6.07 Å². The van der Waals surface area contributed by atoms with Gasteiger partial charge in [-0.25, -0.2) is 4.98 Å². The van der Waals surface area contributed by atoms with Crippen molar-refractivity contribution in [1.82, 2.24) is 4.98 Å². The predicted octanol–water partition coefficient (Wildman–Crippen LogP) is 2.58. The molecule has 19 heavy (non-hydrogen) atoms. The van der Waals surface area contributed by atoms with Crippen molar-refractivity contribution in [3.63, 3.8) is 0 Å². The van der Waals surface area contributed by atoms with E-state index in [1.54, 1.807) is 30.3 Å². The third-order valence-electron chi connectivity index (χ3n) is 2.54. The van der Waals surface area contributed by atoms with E-state index in [-0.39, 0.29) is 5.69 Å². The molecule has 0 atom stereocenters. The largest absolute Gasteiger partial charge is 0.495 e. The van der Waals surface area contributed by atoms with Crippen LogP contribution in [0, 0.1) is 22.7 Å². The van der Waals surface area contributed by atoms with Crippen molar-refractivity contribution in [3.05, 3.63) is 47.8 Å². The zero-order chi connectivity index (χ0) is 13.7. The number of hydrogen-bond donors (Lipinski definition) is 1. The van der Waals surface area contributed by atoms with E-state index in [1.165, 1.54) is 13.3 Å². The Balaban J connectivity index is 2.50. The summed E-state index contributed by atoms with van der Waals surface area (Å²) in [5.74, 6) is 0.534. The number of aromatic nitrogens is 1. The number of pyridine rings is 1. The van der Waals surface area contributed by atoms with Gasteiger partial charge in [0.1, 0.15) is 17.9 Å². The second kappa shape index (κ2) is 5.52. The Morgan fingerprint density at radius 2 is 2.00 bits per heavy atom. The molecule has 5 nitrogen and oxygen atoms in total. The van der Waals surface area contributed by atoms with Gasteiger partial charge in [-0.05, 0) is 24.3 Å². The molecule has 0 fully saturated rings. The maximum atomic E-state index is 9.12. The molecule has 0 spiro atoms. The summed E-state index contributed by atoms with van der Waals surface area (Å²) in [5, 5.41) is 21.1. The molecule has 0 saturated carbocycles. The number of para-hydroxylation sites is 1. The maximum Gasteiger partial charge on any atom is 0.163 e.